The predicted molar refractivity (Wildman–Crippen MR) is 227 cm³/mol. The van der Waals surface area contributed by atoms with Gasteiger partial charge >= 0.3 is 0 Å². The van der Waals surface area contributed by atoms with Gasteiger partial charge in [0.05, 0.1) is 31.9 Å². The Morgan fingerprint density at radius 1 is 0.518 bits per heavy atom. The highest BCUT2D eigenvalue weighted by Gasteiger charge is 2.30. The quantitative estimate of drug-likeness (QED) is 0.0602. The number of benzene rings is 5. The van der Waals surface area contributed by atoms with E-state index in [0.29, 0.717) is 66.5 Å². The van der Waals surface area contributed by atoms with Crippen LogP contribution in [0.2, 0.25) is 0 Å². The van der Waals surface area contributed by atoms with E-state index in [1.807, 2.05) is 39.8 Å². The number of phenols is 2. The summed E-state index contributed by atoms with van der Waals surface area (Å²) in [5.74, 6) is -0.128. The normalized spacial score (nSPS) is 16.1. The Hall–Kier alpha value is -4.36. The van der Waals surface area contributed by atoms with E-state index in [0.717, 1.165) is 75.3 Å². The fourth-order valence-corrected chi connectivity index (χ4v) is 12.8. The van der Waals surface area contributed by atoms with Gasteiger partial charge in [-0.3, -0.25) is 0 Å². The van der Waals surface area contributed by atoms with E-state index >= 15 is 0 Å². The zero-order chi connectivity index (χ0) is 40.1. The van der Waals surface area contributed by atoms with Crippen LogP contribution in [0.1, 0.15) is 97.6 Å². The summed E-state index contributed by atoms with van der Waals surface area (Å²) >= 11 is 0. The molecule has 0 atom stereocenters. The van der Waals surface area contributed by atoms with Gasteiger partial charge in [0.15, 0.2) is 0 Å². The van der Waals surface area contributed by atoms with Crippen molar-refractivity contribution in [2.24, 2.45) is 0 Å². The summed E-state index contributed by atoms with van der Waals surface area (Å²) in [6.07, 6.45) is 9.46. The van der Waals surface area contributed by atoms with Crippen LogP contribution >= 0.6 is 0 Å². The first-order valence-electron chi connectivity index (χ1n) is 19.8. The number of nitrogens with one attached hydrogen (secondary N) is 4. The maximum absolute atomic E-state index is 13.9. The van der Waals surface area contributed by atoms with E-state index in [1.54, 1.807) is 50.2 Å². The number of aromatic hydroxyl groups is 2. The maximum atomic E-state index is 13.9. The Morgan fingerprint density at radius 2 is 0.875 bits per heavy atom. The standard InChI is InChI=1S/C44H54N4O6S2/c1-25-23-27(3)43(55(51,52)47-31-15-9-7-10-16-31)29(5)39(25)45-35-21-22-36(38-37(35)41(49)33-19-13-14-20-34(33)42(38)50)46-40-26(2)24-28(4)44(30(40)6)56(53,54)48-32-17-11-8-12-18-32/h13-14,19-24,31-32,45-50H,7-12,15-18H2,1-6H3. The van der Waals surface area contributed by atoms with E-state index < -0.39 is 20.0 Å². The Labute approximate surface area is 331 Å². The molecule has 2 saturated carbocycles. The Balaban J connectivity index is 1.35. The molecule has 0 radical (unpaired) electrons. The monoisotopic (exact) mass is 798 g/mol. The summed E-state index contributed by atoms with van der Waals surface area (Å²) in [5, 5.41) is 32.5. The molecule has 6 N–H and O–H groups in total. The molecule has 298 valence electrons. The van der Waals surface area contributed by atoms with Gasteiger partial charge in [-0.1, -0.05) is 74.9 Å². The average molecular weight is 799 g/mol. The highest BCUT2D eigenvalue weighted by molar-refractivity contribution is 7.90. The number of rotatable bonds is 10. The minimum atomic E-state index is -3.85. The number of phenolic OH excluding ortho intramolecular Hbond substituents is 2. The maximum Gasteiger partial charge on any atom is 0.241 e. The van der Waals surface area contributed by atoms with Crippen LogP contribution in [-0.4, -0.2) is 39.1 Å². The van der Waals surface area contributed by atoms with Crippen molar-refractivity contribution >= 4 is 64.3 Å². The molecule has 0 aromatic heterocycles. The lowest BCUT2D eigenvalue weighted by Gasteiger charge is -2.26. The Morgan fingerprint density at radius 3 is 1.23 bits per heavy atom. The molecular weight excluding hydrogens is 745 g/mol. The van der Waals surface area contributed by atoms with Gasteiger partial charge in [0.1, 0.15) is 11.5 Å². The van der Waals surface area contributed by atoms with Crippen LogP contribution in [0.4, 0.5) is 22.7 Å². The highest BCUT2D eigenvalue weighted by Crippen LogP contribution is 2.49. The fourth-order valence-electron chi connectivity index (χ4n) is 9.28. The first-order valence-corrected chi connectivity index (χ1v) is 22.7. The molecule has 2 aliphatic carbocycles. The van der Waals surface area contributed by atoms with Crippen molar-refractivity contribution < 1.29 is 27.0 Å². The van der Waals surface area contributed by atoms with Crippen LogP contribution < -0.4 is 20.1 Å². The number of hydrogen-bond acceptors (Lipinski definition) is 8. The lowest BCUT2D eigenvalue weighted by atomic mass is 9.96. The number of hydrogen-bond donors (Lipinski definition) is 6. The molecule has 2 fully saturated rings. The van der Waals surface area contributed by atoms with E-state index in [4.69, 9.17) is 0 Å². The highest BCUT2D eigenvalue weighted by atomic mass is 32.2. The molecule has 0 heterocycles. The van der Waals surface area contributed by atoms with Gasteiger partial charge in [0.2, 0.25) is 20.0 Å². The zero-order valence-corrected chi connectivity index (χ0v) is 34.8. The fraction of sp³-hybridized carbons (Fsp3) is 0.409. The number of fused-ring (bicyclic) bond motifs is 2. The second kappa shape index (κ2) is 15.5. The summed E-state index contributed by atoms with van der Waals surface area (Å²) in [6.45, 7) is 11.0. The van der Waals surface area contributed by atoms with Crippen molar-refractivity contribution in [3.8, 4) is 11.5 Å². The Bertz CT molecular complexity index is 2400. The smallest absolute Gasteiger partial charge is 0.241 e. The van der Waals surface area contributed by atoms with Crippen molar-refractivity contribution in [1.29, 1.82) is 0 Å². The molecule has 0 saturated heterocycles. The third-order valence-corrected chi connectivity index (χ3v) is 15.4. The molecule has 7 rings (SSSR count). The number of anilines is 4. The van der Waals surface area contributed by atoms with Crippen LogP contribution in [0, 0.1) is 41.5 Å². The van der Waals surface area contributed by atoms with Gasteiger partial charge in [-0.05, 0) is 113 Å². The molecule has 5 aromatic carbocycles. The second-order valence-electron chi connectivity index (χ2n) is 16.0. The molecular formula is C44H54N4O6S2. The lowest BCUT2D eigenvalue weighted by molar-refractivity contribution is 0.411. The third-order valence-electron chi connectivity index (χ3n) is 11.8. The van der Waals surface area contributed by atoms with Gasteiger partial charge in [0, 0.05) is 34.2 Å². The van der Waals surface area contributed by atoms with Crippen molar-refractivity contribution in [3.63, 3.8) is 0 Å². The topological polar surface area (TPSA) is 157 Å². The zero-order valence-electron chi connectivity index (χ0n) is 33.2. The van der Waals surface area contributed by atoms with Crippen LogP contribution in [0.15, 0.2) is 58.3 Å². The van der Waals surface area contributed by atoms with Gasteiger partial charge in [-0.2, -0.15) is 0 Å². The van der Waals surface area contributed by atoms with Crippen LogP contribution in [0.3, 0.4) is 0 Å². The molecule has 5 aromatic rings. The van der Waals surface area contributed by atoms with Gasteiger partial charge in [0.25, 0.3) is 0 Å². The van der Waals surface area contributed by atoms with Gasteiger partial charge < -0.3 is 20.8 Å². The Kier molecular flexibility index (Phi) is 11.1. The molecule has 10 nitrogen and oxygen atoms in total. The van der Waals surface area contributed by atoms with E-state index in [-0.39, 0.29) is 33.4 Å². The van der Waals surface area contributed by atoms with E-state index in [2.05, 4.69) is 20.1 Å². The third kappa shape index (κ3) is 7.44. The van der Waals surface area contributed by atoms with E-state index in [9.17, 15) is 27.0 Å². The molecule has 2 aliphatic rings. The van der Waals surface area contributed by atoms with Crippen LogP contribution in [0.5, 0.6) is 11.5 Å². The van der Waals surface area contributed by atoms with Crippen molar-refractivity contribution in [2.75, 3.05) is 10.6 Å². The molecule has 0 amide bonds. The summed E-state index contributed by atoms with van der Waals surface area (Å²) in [7, 11) is -7.70. The summed E-state index contributed by atoms with van der Waals surface area (Å²) in [5.41, 5.74) is 6.10. The van der Waals surface area contributed by atoms with Crippen LogP contribution in [0.25, 0.3) is 21.5 Å². The number of sulfonamides is 2. The average Bonchev–Trinajstić information content (AvgIpc) is 3.14. The van der Waals surface area contributed by atoms with Crippen molar-refractivity contribution in [3.05, 3.63) is 81.9 Å². The molecule has 56 heavy (non-hydrogen) atoms. The van der Waals surface area contributed by atoms with E-state index in [1.165, 1.54) is 0 Å². The minimum absolute atomic E-state index is 0.0638. The summed E-state index contributed by atoms with van der Waals surface area (Å²) in [6, 6.07) is 14.1. The summed E-state index contributed by atoms with van der Waals surface area (Å²) in [4.78, 5) is 0.454. The van der Waals surface area contributed by atoms with Crippen molar-refractivity contribution in [2.45, 2.75) is 128 Å². The number of aryl methyl sites for hydroxylation is 4. The molecule has 0 bridgehead atoms. The predicted octanol–water partition coefficient (Wildman–Crippen LogP) is 9.96. The minimum Gasteiger partial charge on any atom is -0.507 e. The SMILES string of the molecule is Cc1cc(C)c(S(=O)(=O)NC2CCCCC2)c(C)c1Nc1ccc(Nc2c(C)cc(C)c(S(=O)(=O)NC3CCCCC3)c2C)c2c(O)c3ccccc3c(O)c12. The van der Waals surface area contributed by atoms with Gasteiger partial charge in [-0.15, -0.1) is 0 Å². The molecule has 0 aliphatic heterocycles. The first-order chi connectivity index (χ1) is 26.6. The lowest BCUT2D eigenvalue weighted by Crippen LogP contribution is -2.36. The second-order valence-corrected chi connectivity index (χ2v) is 19.3. The largest absolute Gasteiger partial charge is 0.507 e. The summed E-state index contributed by atoms with van der Waals surface area (Å²) < 4.78 is 61.7. The molecule has 12 heteroatoms. The van der Waals surface area contributed by atoms with Crippen LogP contribution in [-0.2, 0) is 20.0 Å². The molecule has 0 unspecified atom stereocenters. The molecule has 0 spiro atoms. The first kappa shape index (κ1) is 39.9. The van der Waals surface area contributed by atoms with Crippen molar-refractivity contribution in [1.82, 2.24) is 9.44 Å². The van der Waals surface area contributed by atoms with Gasteiger partial charge in [-0.25, -0.2) is 26.3 Å².